The number of hydrogen-bond acceptors (Lipinski definition) is 10. The van der Waals surface area contributed by atoms with Gasteiger partial charge in [-0.05, 0) is 51.4 Å². The molecule has 4 atom stereocenters. The minimum absolute atomic E-state index is 0.0836. The Kier molecular flexibility index (Phi) is 42.0. The van der Waals surface area contributed by atoms with Gasteiger partial charge in [-0.2, -0.15) is 0 Å². The van der Waals surface area contributed by atoms with Crippen molar-refractivity contribution < 1.29 is 52.3 Å². The molecule has 0 aliphatic carbocycles. The van der Waals surface area contributed by atoms with Crippen molar-refractivity contribution in [2.45, 2.75) is 225 Å². The van der Waals surface area contributed by atoms with E-state index >= 15 is 0 Å². The fraction of sp³-hybridized carbons (Fsp3) is 0.808. The number of allylic oxidation sites excluding steroid dienone is 7. The summed E-state index contributed by atoms with van der Waals surface area (Å²) in [4.78, 5) is 37.8. The van der Waals surface area contributed by atoms with Gasteiger partial charge in [0, 0.05) is 12.8 Å². The first-order chi connectivity index (χ1) is 30.8. The average Bonchev–Trinajstić information content (AvgIpc) is 3.24. The maximum atomic E-state index is 12.8. The highest BCUT2D eigenvalue weighted by Crippen LogP contribution is 2.38. The third-order valence-electron chi connectivity index (χ3n) is 11.1. The summed E-state index contributed by atoms with van der Waals surface area (Å²) < 4.78 is 33.8. The lowest BCUT2D eigenvalue weighted by Gasteiger charge is -2.28. The van der Waals surface area contributed by atoms with Gasteiger partial charge in [0.1, 0.15) is 19.8 Å². The number of likely N-dealkylation sites (N-methyl/N-ethyl adjacent to an activating group) is 1. The Labute approximate surface area is 391 Å². The molecule has 374 valence electrons. The van der Waals surface area contributed by atoms with Crippen LogP contribution >= 0.6 is 7.82 Å². The van der Waals surface area contributed by atoms with Crippen molar-refractivity contribution in [1.29, 1.82) is 0 Å². The number of carbonyl (C=O) groups excluding carboxylic acids is 2. The average molecular weight is 926 g/mol. The van der Waals surface area contributed by atoms with Crippen molar-refractivity contribution in [1.82, 2.24) is 0 Å². The predicted molar refractivity (Wildman–Crippen MR) is 262 cm³/mol. The number of phosphoric ester groups is 1. The highest BCUT2D eigenvalue weighted by atomic mass is 31.2. The van der Waals surface area contributed by atoms with Crippen LogP contribution in [-0.2, 0) is 32.7 Å². The number of esters is 2. The number of phosphoric acid groups is 1. The lowest BCUT2D eigenvalue weighted by molar-refractivity contribution is -0.870. The molecule has 11 nitrogen and oxygen atoms in total. The molecule has 0 aromatic heterocycles. The van der Waals surface area contributed by atoms with Crippen molar-refractivity contribution in [3.63, 3.8) is 0 Å². The Hall–Kier alpha value is -2.11. The smallest absolute Gasteiger partial charge is 0.306 e. The molecular formula is C52H96NO10P. The fourth-order valence-electron chi connectivity index (χ4n) is 6.98. The number of rotatable bonds is 46. The zero-order chi connectivity index (χ0) is 47.4. The fourth-order valence-corrected chi connectivity index (χ4v) is 7.71. The van der Waals surface area contributed by atoms with Gasteiger partial charge in [-0.3, -0.25) is 14.2 Å². The second-order valence-electron chi connectivity index (χ2n) is 18.5. The van der Waals surface area contributed by atoms with Crippen LogP contribution < -0.4 is 4.89 Å². The van der Waals surface area contributed by atoms with E-state index in [2.05, 4.69) is 50.3 Å². The van der Waals surface area contributed by atoms with Gasteiger partial charge in [0.15, 0.2) is 6.10 Å². The van der Waals surface area contributed by atoms with Gasteiger partial charge in [0.25, 0.3) is 7.82 Å². The van der Waals surface area contributed by atoms with E-state index < -0.39 is 44.7 Å². The summed E-state index contributed by atoms with van der Waals surface area (Å²) in [6, 6.07) is 0. The van der Waals surface area contributed by atoms with Gasteiger partial charge >= 0.3 is 11.9 Å². The van der Waals surface area contributed by atoms with Gasteiger partial charge in [-0.15, -0.1) is 0 Å². The number of unbranched alkanes of at least 4 members (excludes halogenated alkanes) is 20. The molecule has 0 aromatic carbocycles. The van der Waals surface area contributed by atoms with Crippen LogP contribution in [0.2, 0.25) is 0 Å². The second kappa shape index (κ2) is 43.5. The molecule has 0 aliphatic rings. The van der Waals surface area contributed by atoms with E-state index in [-0.39, 0.29) is 45.3 Å². The van der Waals surface area contributed by atoms with Crippen LogP contribution in [0.4, 0.5) is 0 Å². The first kappa shape index (κ1) is 61.9. The quantitative estimate of drug-likeness (QED) is 0.0198. The van der Waals surface area contributed by atoms with Crippen molar-refractivity contribution in [2.75, 3.05) is 47.5 Å². The predicted octanol–water partition coefficient (Wildman–Crippen LogP) is 12.3. The minimum atomic E-state index is -4.71. The number of hydrogen-bond donors (Lipinski definition) is 2. The molecule has 0 fully saturated rings. The standard InChI is InChI=1S/C52H96NO10P/c1-6-8-10-12-14-16-18-20-21-22-23-24-25-26-27-28-30-32-34-36-38-42-51(56)60-46-48(47-62-64(58,59)61-45-44-53(3,4)5)63-52(57)43-39-41-50(55)49(54)40-37-35-33-31-29-19-17-15-13-11-9-7-2/h9,11,15,17,29,31,35,37,48-50,54-55H,6-8,10,12-14,16,18-28,30,32-34,36,38-47H2,1-5H3/b11-9-,17-15-,31-29-,37-35-/t48-,49-,50-/m1/s1. The zero-order valence-electron chi connectivity index (χ0n) is 41.4. The first-order valence-electron chi connectivity index (χ1n) is 25.5. The number of aliphatic hydroxyl groups is 2. The molecule has 1 unspecified atom stereocenters. The summed E-state index contributed by atoms with van der Waals surface area (Å²) in [5, 5.41) is 20.8. The molecule has 0 saturated heterocycles. The van der Waals surface area contributed by atoms with Crippen LogP contribution in [0.1, 0.15) is 206 Å². The maximum absolute atomic E-state index is 12.8. The van der Waals surface area contributed by atoms with Gasteiger partial charge < -0.3 is 38.1 Å². The third kappa shape index (κ3) is 45.1. The Bertz CT molecular complexity index is 1260. The van der Waals surface area contributed by atoms with Crippen molar-refractivity contribution >= 4 is 19.8 Å². The topological polar surface area (TPSA) is 152 Å². The summed E-state index contributed by atoms with van der Waals surface area (Å²) in [6.45, 7) is 3.80. The third-order valence-corrected chi connectivity index (χ3v) is 12.0. The van der Waals surface area contributed by atoms with E-state index in [0.717, 1.165) is 44.9 Å². The van der Waals surface area contributed by atoms with Crippen LogP contribution in [0.25, 0.3) is 0 Å². The first-order valence-corrected chi connectivity index (χ1v) is 27.0. The summed E-state index contributed by atoms with van der Waals surface area (Å²) in [5.41, 5.74) is 0. The van der Waals surface area contributed by atoms with Crippen molar-refractivity contribution in [2.24, 2.45) is 0 Å². The molecule has 0 heterocycles. The van der Waals surface area contributed by atoms with Gasteiger partial charge in [-0.25, -0.2) is 0 Å². The highest BCUT2D eigenvalue weighted by Gasteiger charge is 2.22. The van der Waals surface area contributed by atoms with E-state index in [4.69, 9.17) is 18.5 Å². The van der Waals surface area contributed by atoms with E-state index in [1.165, 1.54) is 109 Å². The van der Waals surface area contributed by atoms with Crippen LogP contribution in [0.15, 0.2) is 48.6 Å². The number of carbonyl (C=O) groups is 2. The van der Waals surface area contributed by atoms with Crippen LogP contribution in [-0.4, -0.2) is 92.5 Å². The molecule has 0 radical (unpaired) electrons. The molecule has 0 saturated carbocycles. The zero-order valence-corrected chi connectivity index (χ0v) is 42.3. The van der Waals surface area contributed by atoms with Crippen molar-refractivity contribution in [3.8, 4) is 0 Å². The molecule has 0 aliphatic heterocycles. The van der Waals surface area contributed by atoms with Crippen LogP contribution in [0.3, 0.4) is 0 Å². The molecule has 2 N–H and O–H groups in total. The molecule has 64 heavy (non-hydrogen) atoms. The van der Waals surface area contributed by atoms with Gasteiger partial charge in [0.05, 0.1) is 40.0 Å². The highest BCUT2D eigenvalue weighted by molar-refractivity contribution is 7.45. The summed E-state index contributed by atoms with van der Waals surface area (Å²) in [7, 11) is 0.989. The number of aliphatic hydroxyl groups excluding tert-OH is 2. The Balaban J connectivity index is 4.43. The molecular weight excluding hydrogens is 830 g/mol. The van der Waals surface area contributed by atoms with E-state index in [9.17, 15) is 29.3 Å². The molecule has 0 amide bonds. The molecule has 12 heteroatoms. The molecule has 0 aromatic rings. The minimum Gasteiger partial charge on any atom is -0.756 e. The van der Waals surface area contributed by atoms with E-state index in [0.29, 0.717) is 17.4 Å². The van der Waals surface area contributed by atoms with Crippen LogP contribution in [0.5, 0.6) is 0 Å². The Morgan fingerprint density at radius 3 is 1.47 bits per heavy atom. The maximum Gasteiger partial charge on any atom is 0.306 e. The summed E-state index contributed by atoms with van der Waals surface area (Å²) in [5.74, 6) is -1.12. The van der Waals surface area contributed by atoms with Crippen molar-refractivity contribution in [3.05, 3.63) is 48.6 Å². The number of quaternary nitrogens is 1. The van der Waals surface area contributed by atoms with E-state index in [1.54, 1.807) is 0 Å². The number of ether oxygens (including phenoxy) is 2. The lowest BCUT2D eigenvalue weighted by Crippen LogP contribution is -2.37. The second-order valence-corrected chi connectivity index (χ2v) is 19.9. The lowest BCUT2D eigenvalue weighted by atomic mass is 10.0. The summed E-state index contributed by atoms with van der Waals surface area (Å²) in [6.07, 6.45) is 44.6. The Morgan fingerprint density at radius 2 is 1.00 bits per heavy atom. The van der Waals surface area contributed by atoms with Gasteiger partial charge in [0.2, 0.25) is 0 Å². The monoisotopic (exact) mass is 926 g/mol. The summed E-state index contributed by atoms with van der Waals surface area (Å²) >= 11 is 0. The molecule has 0 spiro atoms. The Morgan fingerprint density at radius 1 is 0.562 bits per heavy atom. The normalized spacial score (nSPS) is 14.8. The largest absolute Gasteiger partial charge is 0.756 e. The van der Waals surface area contributed by atoms with Gasteiger partial charge in [-0.1, -0.05) is 191 Å². The SMILES string of the molecule is CC/C=C\C/C=C\C/C=C\C/C=C\C[C@@H](O)[C@H](O)CCCC(=O)O[C@H](COC(=O)CCCCCCCCCCCCCCCCCCCCCCC)COP(=O)([O-])OCC[N+](C)(C)C. The number of nitrogens with zero attached hydrogens (tertiary/aromatic N) is 1. The van der Waals surface area contributed by atoms with E-state index in [1.807, 2.05) is 33.3 Å². The molecule has 0 bridgehead atoms. The van der Waals surface area contributed by atoms with Crippen LogP contribution in [0, 0.1) is 0 Å². The molecule has 0 rings (SSSR count).